The fourth-order valence-electron chi connectivity index (χ4n) is 1.15. The van der Waals surface area contributed by atoms with Crippen molar-refractivity contribution in [1.82, 2.24) is 0 Å². The molecule has 5 heteroatoms. The molecule has 0 N–H and O–H groups in total. The molecule has 0 heterocycles. The topological polar surface area (TPSA) is 40.0 Å². The highest BCUT2D eigenvalue weighted by molar-refractivity contribution is 9.10. The summed E-state index contributed by atoms with van der Waals surface area (Å²) in [7, 11) is 4.65. The molecule has 15 heavy (non-hydrogen) atoms. The fraction of sp³-hybridized carbons (Fsp3) is 0.300. The Bertz CT molecular complexity index is 366. The number of ether oxygens (including phenoxy) is 2. The van der Waals surface area contributed by atoms with E-state index in [0.717, 1.165) is 10.0 Å². The van der Waals surface area contributed by atoms with E-state index in [9.17, 15) is 0 Å². The smallest absolute Gasteiger partial charge is 0.170 e. The van der Waals surface area contributed by atoms with Crippen LogP contribution >= 0.6 is 15.9 Å². The molecule has 0 amide bonds. The fourth-order valence-corrected chi connectivity index (χ4v) is 1.57. The van der Waals surface area contributed by atoms with Gasteiger partial charge >= 0.3 is 0 Å². The second-order valence-electron chi connectivity index (χ2n) is 2.61. The first kappa shape index (κ1) is 11.8. The zero-order valence-corrected chi connectivity index (χ0v) is 10.4. The summed E-state index contributed by atoms with van der Waals surface area (Å²) in [5.41, 5.74) is 0.777. The first-order valence-corrected chi connectivity index (χ1v) is 5.01. The minimum absolute atomic E-state index is 0.618. The summed E-state index contributed by atoms with van der Waals surface area (Å²) in [4.78, 5) is 4.63. The number of hydrogen-bond acceptors (Lipinski definition) is 4. The van der Waals surface area contributed by atoms with Crippen LogP contribution < -0.4 is 9.47 Å². The lowest BCUT2D eigenvalue weighted by Crippen LogP contribution is -1.96. The maximum absolute atomic E-state index is 5.24. The first-order chi connectivity index (χ1) is 7.24. The monoisotopic (exact) mass is 273 g/mol. The van der Waals surface area contributed by atoms with E-state index >= 15 is 0 Å². The van der Waals surface area contributed by atoms with E-state index in [-0.39, 0.29) is 0 Å². The molecule has 1 aromatic rings. The summed E-state index contributed by atoms with van der Waals surface area (Å²) in [6.45, 7) is 0. The van der Waals surface area contributed by atoms with Gasteiger partial charge in [0.25, 0.3) is 0 Å². The molecule has 0 unspecified atom stereocenters. The Morgan fingerprint density at radius 3 is 2.47 bits per heavy atom. The molecule has 82 valence electrons. The number of nitrogens with zero attached hydrogens (tertiary/aromatic N) is 1. The average molecular weight is 274 g/mol. The van der Waals surface area contributed by atoms with Crippen LogP contribution in [0.25, 0.3) is 0 Å². The van der Waals surface area contributed by atoms with E-state index in [1.807, 2.05) is 12.1 Å². The van der Waals surface area contributed by atoms with Gasteiger partial charge in [-0.15, -0.1) is 0 Å². The largest absolute Gasteiger partial charge is 0.493 e. The Morgan fingerprint density at radius 1 is 1.20 bits per heavy atom. The highest BCUT2D eigenvalue weighted by Crippen LogP contribution is 2.34. The molecular formula is C10H12BrNO3. The normalized spacial score (nSPS) is 10.4. The van der Waals surface area contributed by atoms with Crippen LogP contribution in [0, 0.1) is 0 Å². The first-order valence-electron chi connectivity index (χ1n) is 4.21. The molecule has 0 radical (unpaired) electrons. The zero-order valence-electron chi connectivity index (χ0n) is 8.78. The van der Waals surface area contributed by atoms with E-state index in [1.165, 1.54) is 7.11 Å². The number of rotatable bonds is 4. The van der Waals surface area contributed by atoms with Crippen molar-refractivity contribution >= 4 is 22.1 Å². The van der Waals surface area contributed by atoms with Crippen molar-refractivity contribution < 1.29 is 14.3 Å². The van der Waals surface area contributed by atoms with Crippen LogP contribution in [0.15, 0.2) is 21.8 Å². The molecule has 0 saturated carbocycles. The van der Waals surface area contributed by atoms with Crippen LogP contribution in [0.4, 0.5) is 0 Å². The summed E-state index contributed by atoms with van der Waals surface area (Å²) in [5.74, 6) is 1.27. The molecule has 0 spiro atoms. The highest BCUT2D eigenvalue weighted by atomic mass is 79.9. The van der Waals surface area contributed by atoms with Crippen molar-refractivity contribution in [3.63, 3.8) is 0 Å². The molecule has 0 atom stereocenters. The van der Waals surface area contributed by atoms with Gasteiger partial charge in [-0.25, -0.2) is 0 Å². The van der Waals surface area contributed by atoms with Gasteiger partial charge in [0.1, 0.15) is 7.11 Å². The van der Waals surface area contributed by atoms with Crippen molar-refractivity contribution in [1.29, 1.82) is 0 Å². The zero-order chi connectivity index (χ0) is 11.3. The van der Waals surface area contributed by atoms with Crippen LogP contribution in [-0.2, 0) is 4.84 Å². The van der Waals surface area contributed by atoms with Crippen LogP contribution in [0.1, 0.15) is 5.56 Å². The lowest BCUT2D eigenvalue weighted by Gasteiger charge is -2.11. The Balaban J connectivity index is 3.25. The molecule has 4 nitrogen and oxygen atoms in total. The molecule has 0 saturated heterocycles. The Kier molecular flexibility index (Phi) is 4.42. The average Bonchev–Trinajstić information content (AvgIpc) is 2.27. The highest BCUT2D eigenvalue weighted by Gasteiger charge is 2.11. The maximum Gasteiger partial charge on any atom is 0.170 e. The van der Waals surface area contributed by atoms with Crippen LogP contribution in [0.2, 0.25) is 0 Å². The third-order valence-corrected chi connectivity index (χ3v) is 2.51. The molecule has 0 bridgehead atoms. The lowest BCUT2D eigenvalue weighted by atomic mass is 10.2. The predicted octanol–water partition coefficient (Wildman–Crippen LogP) is 2.45. The Labute approximate surface area is 96.9 Å². The van der Waals surface area contributed by atoms with Gasteiger partial charge in [0.15, 0.2) is 11.5 Å². The quantitative estimate of drug-likeness (QED) is 0.625. The third kappa shape index (κ3) is 2.62. The molecule has 1 rings (SSSR count). The lowest BCUT2D eigenvalue weighted by molar-refractivity contribution is 0.215. The summed E-state index contributed by atoms with van der Waals surface area (Å²) < 4.78 is 11.3. The number of methoxy groups -OCH3 is 2. The maximum atomic E-state index is 5.24. The van der Waals surface area contributed by atoms with Crippen LogP contribution in [0.3, 0.4) is 0 Å². The van der Waals surface area contributed by atoms with Crippen molar-refractivity contribution in [2.24, 2.45) is 5.16 Å². The molecule has 0 aliphatic carbocycles. The molecule has 0 aromatic heterocycles. The van der Waals surface area contributed by atoms with Gasteiger partial charge in [0.2, 0.25) is 0 Å². The van der Waals surface area contributed by atoms with Crippen LogP contribution in [-0.4, -0.2) is 27.5 Å². The van der Waals surface area contributed by atoms with Crippen molar-refractivity contribution in [3.8, 4) is 11.5 Å². The minimum Gasteiger partial charge on any atom is -0.493 e. The van der Waals surface area contributed by atoms with E-state index in [4.69, 9.17) is 9.47 Å². The van der Waals surface area contributed by atoms with Crippen LogP contribution in [0.5, 0.6) is 11.5 Å². The predicted molar refractivity (Wildman–Crippen MR) is 61.8 cm³/mol. The minimum atomic E-state index is 0.618. The molecule has 0 aliphatic heterocycles. The summed E-state index contributed by atoms with van der Waals surface area (Å²) in [5, 5.41) is 3.70. The summed E-state index contributed by atoms with van der Waals surface area (Å²) >= 11 is 3.40. The SMILES string of the molecule is CO/N=C/c1c(Br)ccc(OC)c1OC. The van der Waals surface area contributed by atoms with E-state index < -0.39 is 0 Å². The Morgan fingerprint density at radius 2 is 1.93 bits per heavy atom. The van der Waals surface area contributed by atoms with Gasteiger partial charge in [-0.2, -0.15) is 0 Å². The second-order valence-corrected chi connectivity index (χ2v) is 3.47. The summed E-state index contributed by atoms with van der Waals surface area (Å²) in [6, 6.07) is 3.67. The standard InChI is InChI=1S/C10H12BrNO3/c1-13-9-5-4-8(11)7(6-12-15-3)10(9)14-2/h4-6H,1-3H3/b12-6+. The third-order valence-electron chi connectivity index (χ3n) is 1.82. The number of oxime groups is 1. The van der Waals surface area contributed by atoms with Gasteiger partial charge in [-0.05, 0) is 28.1 Å². The number of halogens is 1. The molecular weight excluding hydrogens is 262 g/mol. The van der Waals surface area contributed by atoms with E-state index in [1.54, 1.807) is 20.4 Å². The van der Waals surface area contributed by atoms with Gasteiger partial charge in [-0.3, -0.25) is 0 Å². The number of hydrogen-bond donors (Lipinski definition) is 0. The van der Waals surface area contributed by atoms with Gasteiger partial charge in [0, 0.05) is 4.47 Å². The second kappa shape index (κ2) is 5.60. The summed E-state index contributed by atoms with van der Waals surface area (Å²) in [6.07, 6.45) is 1.56. The molecule has 1 aromatic carbocycles. The number of benzene rings is 1. The van der Waals surface area contributed by atoms with Crippen molar-refractivity contribution in [2.45, 2.75) is 0 Å². The van der Waals surface area contributed by atoms with Crippen molar-refractivity contribution in [3.05, 3.63) is 22.2 Å². The van der Waals surface area contributed by atoms with Gasteiger partial charge in [0.05, 0.1) is 26.0 Å². The van der Waals surface area contributed by atoms with Gasteiger partial charge in [-0.1, -0.05) is 5.16 Å². The van der Waals surface area contributed by atoms with E-state index in [2.05, 4.69) is 25.9 Å². The van der Waals surface area contributed by atoms with Gasteiger partial charge < -0.3 is 14.3 Å². The van der Waals surface area contributed by atoms with E-state index in [0.29, 0.717) is 11.5 Å². The van der Waals surface area contributed by atoms with Crippen molar-refractivity contribution in [2.75, 3.05) is 21.3 Å². The Hall–Kier alpha value is -1.23. The molecule has 0 aliphatic rings. The molecule has 0 fully saturated rings.